The lowest BCUT2D eigenvalue weighted by Gasteiger charge is -2.38. The van der Waals surface area contributed by atoms with Crippen LogP contribution in [-0.2, 0) is 4.43 Å². The van der Waals surface area contributed by atoms with Crippen molar-refractivity contribution in [3.63, 3.8) is 0 Å². The smallest absolute Gasteiger partial charge is 0.196 e. The first kappa shape index (κ1) is 12.6. The summed E-state index contributed by atoms with van der Waals surface area (Å²) in [6.07, 6.45) is 6.07. The summed E-state index contributed by atoms with van der Waals surface area (Å²) in [6, 6.07) is 0. The molecule has 15 heavy (non-hydrogen) atoms. The first-order chi connectivity index (χ1) is 6.75. The van der Waals surface area contributed by atoms with Gasteiger partial charge in [-0.3, -0.25) is 0 Å². The molecule has 0 fully saturated rings. The predicted molar refractivity (Wildman–Crippen MR) is 66.9 cm³/mol. The molecular formula is C11H23N2OSi+. The van der Waals surface area contributed by atoms with Gasteiger partial charge in [-0.1, -0.05) is 13.8 Å². The average Bonchev–Trinajstić information content (AvgIpc) is 2.47. The van der Waals surface area contributed by atoms with E-state index in [2.05, 4.69) is 51.7 Å². The van der Waals surface area contributed by atoms with E-state index in [0.29, 0.717) is 10.4 Å². The summed E-state index contributed by atoms with van der Waals surface area (Å²) in [5.41, 5.74) is 0. The minimum Gasteiger partial charge on any atom is -0.370 e. The highest BCUT2D eigenvalue weighted by Crippen LogP contribution is 2.24. The lowest BCUT2D eigenvalue weighted by atomic mass is 10.1. The predicted octanol–water partition coefficient (Wildman–Crippen LogP) is 2.78. The van der Waals surface area contributed by atoms with Crippen LogP contribution in [0.3, 0.4) is 0 Å². The van der Waals surface area contributed by atoms with Gasteiger partial charge in [-0.15, -0.1) is 0 Å². The molecule has 1 aliphatic rings. The van der Waals surface area contributed by atoms with Gasteiger partial charge >= 0.3 is 0 Å². The highest BCUT2D eigenvalue weighted by molar-refractivity contribution is 6.69. The van der Waals surface area contributed by atoms with E-state index in [9.17, 15) is 0 Å². The van der Waals surface area contributed by atoms with Crippen molar-refractivity contribution in [3.05, 3.63) is 12.4 Å². The van der Waals surface area contributed by atoms with E-state index in [1.54, 1.807) is 0 Å². The lowest BCUT2D eigenvalue weighted by Crippen LogP contribution is -2.53. The zero-order chi connectivity index (χ0) is 11.7. The molecule has 2 atom stereocenters. The Morgan fingerprint density at radius 3 is 2.20 bits per heavy atom. The molecular weight excluding hydrogens is 204 g/mol. The molecule has 0 spiro atoms. The molecule has 0 amide bonds. The lowest BCUT2D eigenvalue weighted by molar-refractivity contribution is -0.816. The average molecular weight is 227 g/mol. The first-order valence-electron chi connectivity index (χ1n) is 5.50. The van der Waals surface area contributed by atoms with Crippen molar-refractivity contribution in [2.45, 2.75) is 39.7 Å². The van der Waals surface area contributed by atoms with Crippen molar-refractivity contribution in [2.75, 3.05) is 7.05 Å². The molecule has 0 aromatic rings. The van der Waals surface area contributed by atoms with Gasteiger partial charge in [-0.25, -0.2) is 9.48 Å². The van der Waals surface area contributed by atoms with Gasteiger partial charge < -0.3 is 4.43 Å². The van der Waals surface area contributed by atoms with Gasteiger partial charge in [0.05, 0.1) is 13.2 Å². The maximum absolute atomic E-state index is 6.25. The van der Waals surface area contributed by atoms with Gasteiger partial charge in [0.1, 0.15) is 6.20 Å². The van der Waals surface area contributed by atoms with Crippen molar-refractivity contribution in [1.29, 1.82) is 0 Å². The molecule has 0 saturated heterocycles. The third-order valence-corrected chi connectivity index (χ3v) is 3.33. The van der Waals surface area contributed by atoms with E-state index in [1.165, 1.54) is 0 Å². The van der Waals surface area contributed by atoms with Crippen LogP contribution in [0.25, 0.3) is 0 Å². The Hall–Kier alpha value is -0.453. The van der Waals surface area contributed by atoms with Crippen LogP contribution >= 0.6 is 0 Å². The van der Waals surface area contributed by atoms with Crippen molar-refractivity contribution in [1.82, 2.24) is 0 Å². The SMILES string of the molecule is CC(C)C(O[Si](C)(C)C)[N+]1(C)C=CN=C1. The topological polar surface area (TPSA) is 21.6 Å². The van der Waals surface area contributed by atoms with Gasteiger partial charge in [-0.2, -0.15) is 0 Å². The molecule has 0 bridgehead atoms. The summed E-state index contributed by atoms with van der Waals surface area (Å²) in [5, 5.41) is 0. The Kier molecular flexibility index (Phi) is 3.53. The Labute approximate surface area is 94.2 Å². The fraction of sp³-hybridized carbons (Fsp3) is 0.727. The van der Waals surface area contributed by atoms with E-state index in [0.717, 1.165) is 0 Å². The Morgan fingerprint density at radius 2 is 1.87 bits per heavy atom. The summed E-state index contributed by atoms with van der Waals surface area (Å²) in [7, 11) is 0.628. The van der Waals surface area contributed by atoms with Crippen molar-refractivity contribution in [3.8, 4) is 0 Å². The van der Waals surface area contributed by atoms with Gasteiger partial charge in [0.25, 0.3) is 0 Å². The number of rotatable bonds is 4. The van der Waals surface area contributed by atoms with Crippen LogP contribution in [0.2, 0.25) is 19.6 Å². The molecule has 0 aromatic heterocycles. The monoisotopic (exact) mass is 227 g/mol. The van der Waals surface area contributed by atoms with E-state index in [-0.39, 0.29) is 6.23 Å². The minimum absolute atomic E-state index is 0.180. The van der Waals surface area contributed by atoms with Gasteiger partial charge in [0.2, 0.25) is 0 Å². The second-order valence-electron chi connectivity index (χ2n) is 5.65. The Balaban J connectivity index is 2.84. The molecule has 0 radical (unpaired) electrons. The van der Waals surface area contributed by atoms with Crippen LogP contribution < -0.4 is 0 Å². The molecule has 86 valence electrons. The fourth-order valence-corrected chi connectivity index (χ4v) is 3.03. The summed E-state index contributed by atoms with van der Waals surface area (Å²) in [4.78, 5) is 4.17. The van der Waals surface area contributed by atoms with Gasteiger partial charge in [-0.05, 0) is 19.6 Å². The third kappa shape index (κ3) is 3.26. The van der Waals surface area contributed by atoms with E-state index in [4.69, 9.17) is 4.43 Å². The van der Waals surface area contributed by atoms with Crippen LogP contribution in [0.4, 0.5) is 0 Å². The molecule has 1 heterocycles. The second-order valence-corrected chi connectivity index (χ2v) is 10.1. The highest BCUT2D eigenvalue weighted by Gasteiger charge is 2.38. The summed E-state index contributed by atoms with van der Waals surface area (Å²) < 4.78 is 6.92. The van der Waals surface area contributed by atoms with Crippen LogP contribution in [0.5, 0.6) is 0 Å². The highest BCUT2D eigenvalue weighted by atomic mass is 28.4. The van der Waals surface area contributed by atoms with Crippen LogP contribution in [0.15, 0.2) is 17.4 Å². The fourth-order valence-electron chi connectivity index (χ4n) is 1.81. The van der Waals surface area contributed by atoms with E-state index in [1.807, 2.05) is 12.5 Å². The summed E-state index contributed by atoms with van der Waals surface area (Å²) in [6.45, 7) is 11.1. The molecule has 4 heteroatoms. The second kappa shape index (κ2) is 4.20. The molecule has 0 saturated carbocycles. The molecule has 0 N–H and O–H groups in total. The van der Waals surface area contributed by atoms with Crippen molar-refractivity contribution >= 4 is 14.7 Å². The maximum atomic E-state index is 6.25. The van der Waals surface area contributed by atoms with Crippen LogP contribution in [0.1, 0.15) is 13.8 Å². The number of hydrogen-bond donors (Lipinski definition) is 0. The third-order valence-electron chi connectivity index (χ3n) is 2.38. The Bertz CT molecular complexity index is 267. The maximum Gasteiger partial charge on any atom is 0.196 e. The normalized spacial score (nSPS) is 27.7. The quantitative estimate of drug-likeness (QED) is 0.534. The van der Waals surface area contributed by atoms with Gasteiger partial charge in [0.15, 0.2) is 20.9 Å². The minimum atomic E-state index is -1.51. The van der Waals surface area contributed by atoms with Crippen LogP contribution in [0, 0.1) is 5.92 Å². The largest absolute Gasteiger partial charge is 0.370 e. The van der Waals surface area contributed by atoms with Crippen LogP contribution in [-0.4, -0.2) is 32.4 Å². The number of nitrogens with zero attached hydrogens (tertiary/aromatic N) is 2. The molecule has 3 nitrogen and oxygen atoms in total. The van der Waals surface area contributed by atoms with E-state index >= 15 is 0 Å². The molecule has 1 aliphatic heterocycles. The first-order valence-corrected chi connectivity index (χ1v) is 8.91. The van der Waals surface area contributed by atoms with Gasteiger partial charge in [0, 0.05) is 5.92 Å². The van der Waals surface area contributed by atoms with Crippen molar-refractivity contribution in [2.24, 2.45) is 10.9 Å². The molecule has 2 unspecified atom stereocenters. The standard InChI is InChI=1S/C11H23N2OSi/c1-10(2)11(14-15(4,5)6)13(3)8-7-12-9-13/h7-11H,1-6H3/q+1. The number of aliphatic imine (C=N–C) groups is 1. The summed E-state index contributed by atoms with van der Waals surface area (Å²) in [5.74, 6) is 0.482. The van der Waals surface area contributed by atoms with Crippen molar-refractivity contribution < 1.29 is 8.91 Å². The number of quaternary nitrogens is 1. The zero-order valence-corrected chi connectivity index (χ0v) is 11.7. The number of hydrogen-bond acceptors (Lipinski definition) is 2. The zero-order valence-electron chi connectivity index (χ0n) is 10.7. The van der Waals surface area contributed by atoms with E-state index < -0.39 is 8.32 Å². The molecule has 0 aromatic carbocycles. The Morgan fingerprint density at radius 1 is 1.27 bits per heavy atom. The molecule has 1 rings (SSSR count). The summed E-state index contributed by atoms with van der Waals surface area (Å²) >= 11 is 0. The molecule has 0 aliphatic carbocycles.